The number of rotatable bonds is 4. The molecule has 2 rings (SSSR count). The number of amides is 1. The average Bonchev–Trinajstić information content (AvgIpc) is 2.84. The number of carbonyl (C=O) groups excluding carboxylic acids is 1. The van der Waals surface area contributed by atoms with Gasteiger partial charge in [-0.05, 0) is 44.7 Å². The monoisotopic (exact) mass is 265 g/mol. The van der Waals surface area contributed by atoms with E-state index in [-0.39, 0.29) is 5.91 Å². The van der Waals surface area contributed by atoms with Gasteiger partial charge in [-0.1, -0.05) is 17.7 Å². The van der Waals surface area contributed by atoms with Crippen LogP contribution in [0.3, 0.4) is 0 Å². The van der Waals surface area contributed by atoms with E-state index < -0.39 is 0 Å². The van der Waals surface area contributed by atoms with Gasteiger partial charge in [0.1, 0.15) is 0 Å². The predicted octanol–water partition coefficient (Wildman–Crippen LogP) is 3.62. The van der Waals surface area contributed by atoms with Gasteiger partial charge in [0.2, 0.25) is 0 Å². The third-order valence-electron chi connectivity index (χ3n) is 3.61. The fourth-order valence-electron chi connectivity index (χ4n) is 2.58. The van der Waals surface area contributed by atoms with Gasteiger partial charge in [-0.2, -0.15) is 0 Å². The lowest BCUT2D eigenvalue weighted by molar-refractivity contribution is 0.0730. The van der Waals surface area contributed by atoms with Crippen LogP contribution in [0.25, 0.3) is 0 Å². The Bertz CT molecular complexity index is 401. The summed E-state index contributed by atoms with van der Waals surface area (Å²) < 4.78 is 0. The van der Waals surface area contributed by atoms with Crippen molar-refractivity contribution >= 4 is 17.5 Å². The molecule has 1 atom stereocenters. The molecule has 0 spiro atoms. The van der Waals surface area contributed by atoms with Crippen LogP contribution in [0.15, 0.2) is 24.3 Å². The molecular formula is C15H20ClNO. The van der Waals surface area contributed by atoms with Crippen LogP contribution < -0.4 is 0 Å². The summed E-state index contributed by atoms with van der Waals surface area (Å²) in [6.07, 6.45) is 4.25. The van der Waals surface area contributed by atoms with E-state index in [4.69, 9.17) is 11.6 Å². The standard InChI is InChI=1S/C15H20ClNO/c1-12-6-8-13(9-7-12)15(18)17-11-3-5-14(17)4-2-10-16/h6-9,14H,2-5,10-11H2,1H3. The molecule has 1 saturated heterocycles. The van der Waals surface area contributed by atoms with Crippen molar-refractivity contribution in [3.63, 3.8) is 0 Å². The Kier molecular flexibility index (Phi) is 4.65. The number of carbonyl (C=O) groups is 1. The molecule has 0 bridgehead atoms. The van der Waals surface area contributed by atoms with Crippen LogP contribution in [-0.2, 0) is 0 Å². The third kappa shape index (κ3) is 3.05. The molecule has 1 amide bonds. The molecule has 0 N–H and O–H groups in total. The van der Waals surface area contributed by atoms with E-state index >= 15 is 0 Å². The summed E-state index contributed by atoms with van der Waals surface area (Å²) in [6.45, 7) is 2.92. The summed E-state index contributed by atoms with van der Waals surface area (Å²) in [4.78, 5) is 14.4. The predicted molar refractivity (Wildman–Crippen MR) is 75.2 cm³/mol. The Labute approximate surface area is 114 Å². The van der Waals surface area contributed by atoms with Gasteiger partial charge in [-0.15, -0.1) is 11.6 Å². The maximum atomic E-state index is 12.4. The van der Waals surface area contributed by atoms with Crippen molar-refractivity contribution in [1.82, 2.24) is 4.90 Å². The molecular weight excluding hydrogens is 246 g/mol. The Balaban J connectivity index is 2.05. The Morgan fingerprint density at radius 1 is 1.39 bits per heavy atom. The average molecular weight is 266 g/mol. The first-order valence-corrected chi connectivity index (χ1v) is 7.19. The molecule has 1 fully saturated rings. The third-order valence-corrected chi connectivity index (χ3v) is 3.87. The maximum absolute atomic E-state index is 12.4. The zero-order chi connectivity index (χ0) is 13.0. The van der Waals surface area contributed by atoms with Gasteiger partial charge in [0.05, 0.1) is 0 Å². The van der Waals surface area contributed by atoms with Crippen molar-refractivity contribution < 1.29 is 4.79 Å². The van der Waals surface area contributed by atoms with Crippen LogP contribution in [0, 0.1) is 6.92 Å². The van der Waals surface area contributed by atoms with E-state index in [9.17, 15) is 4.79 Å². The Hall–Kier alpha value is -1.02. The largest absolute Gasteiger partial charge is 0.336 e. The van der Waals surface area contributed by atoms with Gasteiger partial charge < -0.3 is 4.90 Å². The second kappa shape index (κ2) is 6.24. The number of hydrogen-bond acceptors (Lipinski definition) is 1. The number of benzene rings is 1. The molecule has 18 heavy (non-hydrogen) atoms. The first-order valence-electron chi connectivity index (χ1n) is 6.66. The van der Waals surface area contributed by atoms with Crippen LogP contribution in [0.1, 0.15) is 41.6 Å². The fourth-order valence-corrected chi connectivity index (χ4v) is 2.73. The van der Waals surface area contributed by atoms with Crippen LogP contribution in [0.2, 0.25) is 0 Å². The summed E-state index contributed by atoms with van der Waals surface area (Å²) in [5.74, 6) is 0.857. The number of nitrogens with zero attached hydrogens (tertiary/aromatic N) is 1. The quantitative estimate of drug-likeness (QED) is 0.762. The summed E-state index contributed by atoms with van der Waals surface area (Å²) >= 11 is 5.74. The molecule has 0 radical (unpaired) electrons. The van der Waals surface area contributed by atoms with E-state index in [1.165, 1.54) is 5.56 Å². The fraction of sp³-hybridized carbons (Fsp3) is 0.533. The van der Waals surface area contributed by atoms with Crippen LogP contribution in [0.4, 0.5) is 0 Å². The van der Waals surface area contributed by atoms with Crippen molar-refractivity contribution in [2.75, 3.05) is 12.4 Å². The van der Waals surface area contributed by atoms with E-state index in [1.807, 2.05) is 36.1 Å². The molecule has 2 nitrogen and oxygen atoms in total. The number of likely N-dealkylation sites (tertiary alicyclic amines) is 1. The Morgan fingerprint density at radius 3 is 2.78 bits per heavy atom. The summed E-state index contributed by atoms with van der Waals surface area (Å²) in [5.41, 5.74) is 1.99. The van der Waals surface area contributed by atoms with Crippen LogP contribution in [0.5, 0.6) is 0 Å². The van der Waals surface area contributed by atoms with Crippen molar-refractivity contribution in [2.45, 2.75) is 38.6 Å². The first-order chi connectivity index (χ1) is 8.72. The number of hydrogen-bond donors (Lipinski definition) is 0. The van der Waals surface area contributed by atoms with Gasteiger partial charge >= 0.3 is 0 Å². The van der Waals surface area contributed by atoms with Crippen molar-refractivity contribution in [2.24, 2.45) is 0 Å². The molecule has 1 aromatic carbocycles. The van der Waals surface area contributed by atoms with E-state index in [0.29, 0.717) is 11.9 Å². The summed E-state index contributed by atoms with van der Waals surface area (Å²) in [6, 6.07) is 8.23. The first kappa shape index (κ1) is 13.4. The zero-order valence-electron chi connectivity index (χ0n) is 10.9. The van der Waals surface area contributed by atoms with Gasteiger partial charge in [0, 0.05) is 24.0 Å². The second-order valence-electron chi connectivity index (χ2n) is 4.99. The van der Waals surface area contributed by atoms with Crippen molar-refractivity contribution in [3.8, 4) is 0 Å². The number of alkyl halides is 1. The lowest BCUT2D eigenvalue weighted by atomic mass is 10.1. The molecule has 1 aliphatic heterocycles. The van der Waals surface area contributed by atoms with Crippen LogP contribution >= 0.6 is 11.6 Å². The highest BCUT2D eigenvalue weighted by molar-refractivity contribution is 6.17. The maximum Gasteiger partial charge on any atom is 0.254 e. The SMILES string of the molecule is Cc1ccc(C(=O)N2CCCC2CCCCl)cc1. The van der Waals surface area contributed by atoms with E-state index in [1.54, 1.807) is 0 Å². The highest BCUT2D eigenvalue weighted by Gasteiger charge is 2.28. The van der Waals surface area contributed by atoms with E-state index in [2.05, 4.69) is 0 Å². The molecule has 3 heteroatoms. The minimum absolute atomic E-state index is 0.173. The molecule has 0 aliphatic carbocycles. The summed E-state index contributed by atoms with van der Waals surface area (Å²) in [7, 11) is 0. The van der Waals surface area contributed by atoms with Gasteiger partial charge in [-0.25, -0.2) is 0 Å². The van der Waals surface area contributed by atoms with Gasteiger partial charge in [-0.3, -0.25) is 4.79 Å². The molecule has 1 unspecified atom stereocenters. The summed E-state index contributed by atoms with van der Waals surface area (Å²) in [5, 5.41) is 0. The topological polar surface area (TPSA) is 20.3 Å². The molecule has 1 aromatic rings. The van der Waals surface area contributed by atoms with Gasteiger partial charge in [0.15, 0.2) is 0 Å². The molecule has 98 valence electrons. The molecule has 1 heterocycles. The van der Waals surface area contributed by atoms with Gasteiger partial charge in [0.25, 0.3) is 5.91 Å². The number of aryl methyl sites for hydroxylation is 1. The molecule has 1 aliphatic rings. The smallest absolute Gasteiger partial charge is 0.254 e. The van der Waals surface area contributed by atoms with Crippen LogP contribution in [-0.4, -0.2) is 29.3 Å². The van der Waals surface area contributed by atoms with Crippen molar-refractivity contribution in [1.29, 1.82) is 0 Å². The normalized spacial score (nSPS) is 19.2. The second-order valence-corrected chi connectivity index (χ2v) is 5.37. The highest BCUT2D eigenvalue weighted by Crippen LogP contribution is 2.23. The lowest BCUT2D eigenvalue weighted by Gasteiger charge is -2.24. The molecule has 0 aromatic heterocycles. The minimum Gasteiger partial charge on any atom is -0.336 e. The zero-order valence-corrected chi connectivity index (χ0v) is 11.6. The van der Waals surface area contributed by atoms with E-state index in [0.717, 1.165) is 37.8 Å². The molecule has 0 saturated carbocycles. The highest BCUT2D eigenvalue weighted by atomic mass is 35.5. The number of halogens is 1. The minimum atomic E-state index is 0.173. The Morgan fingerprint density at radius 2 is 2.11 bits per heavy atom. The lowest BCUT2D eigenvalue weighted by Crippen LogP contribution is -2.35. The van der Waals surface area contributed by atoms with Crippen molar-refractivity contribution in [3.05, 3.63) is 35.4 Å².